The third kappa shape index (κ3) is 3.10. The third-order valence-corrected chi connectivity index (χ3v) is 5.42. The molecule has 0 bridgehead atoms. The first-order valence-electron chi connectivity index (χ1n) is 7.19. The first-order chi connectivity index (χ1) is 11.7. The molecule has 3 aromatic rings. The van der Waals surface area contributed by atoms with Gasteiger partial charge in [0.05, 0.1) is 18.3 Å². The van der Waals surface area contributed by atoms with E-state index in [4.69, 9.17) is 20.8 Å². The van der Waals surface area contributed by atoms with Crippen LogP contribution in [0.5, 0.6) is 5.75 Å². The average Bonchev–Trinajstić information content (AvgIpc) is 2.82. The molecule has 0 fully saturated rings. The van der Waals surface area contributed by atoms with Crippen molar-refractivity contribution in [2.45, 2.75) is 11.8 Å². The van der Waals surface area contributed by atoms with E-state index in [0.29, 0.717) is 16.8 Å². The Morgan fingerprint density at radius 1 is 1.24 bits per heavy atom. The second-order valence-corrected chi connectivity index (χ2v) is 7.55. The number of nitrogens with zero attached hydrogens (tertiary/aromatic N) is 1. The predicted molar refractivity (Wildman–Crippen MR) is 95.0 cm³/mol. The van der Waals surface area contributed by atoms with Gasteiger partial charge in [0.2, 0.25) is 0 Å². The summed E-state index contributed by atoms with van der Waals surface area (Å²) in [6, 6.07) is 7.46. The van der Waals surface area contributed by atoms with E-state index in [-0.39, 0.29) is 21.3 Å². The topological polar surface area (TPSA) is 90.5 Å². The van der Waals surface area contributed by atoms with Gasteiger partial charge in [-0.05, 0) is 36.8 Å². The summed E-state index contributed by atoms with van der Waals surface area (Å²) in [5, 5.41) is 0.266. The quantitative estimate of drug-likeness (QED) is 0.749. The molecule has 0 aliphatic heterocycles. The Morgan fingerprint density at radius 2 is 1.96 bits per heavy atom. The average molecular weight is 383 g/mol. The van der Waals surface area contributed by atoms with Gasteiger partial charge in [-0.2, -0.15) is 0 Å². The monoisotopic (exact) mass is 382 g/mol. The van der Waals surface area contributed by atoms with Gasteiger partial charge in [-0.25, -0.2) is 13.2 Å². The molecule has 9 heteroatoms. The first kappa shape index (κ1) is 17.4. The summed E-state index contributed by atoms with van der Waals surface area (Å²) in [7, 11) is -1.01. The summed E-state index contributed by atoms with van der Waals surface area (Å²) < 4.78 is 39.5. The van der Waals surface area contributed by atoms with Crippen LogP contribution in [-0.2, 0) is 17.1 Å². The molecule has 0 amide bonds. The van der Waals surface area contributed by atoms with Crippen LogP contribution >= 0.6 is 11.6 Å². The number of nitrogens with one attached hydrogen (secondary N) is 1. The van der Waals surface area contributed by atoms with Crippen LogP contribution in [0.1, 0.15) is 5.56 Å². The number of methoxy groups -OCH3 is 1. The molecule has 0 aliphatic carbocycles. The van der Waals surface area contributed by atoms with Crippen LogP contribution in [0.3, 0.4) is 0 Å². The van der Waals surface area contributed by atoms with E-state index >= 15 is 0 Å². The van der Waals surface area contributed by atoms with Crippen LogP contribution < -0.4 is 15.2 Å². The van der Waals surface area contributed by atoms with Crippen molar-refractivity contribution in [3.8, 4) is 5.75 Å². The standard InChI is InChI=1S/C16H15ClN2O5S/c1-9-6-12-14(24-16(20)19(12)2)8-11(9)18-25(21,22)15-7-10(17)4-5-13(15)23-3/h4-8,18H,1-3H3. The van der Waals surface area contributed by atoms with E-state index in [1.54, 1.807) is 20.0 Å². The summed E-state index contributed by atoms with van der Waals surface area (Å²) in [6.07, 6.45) is 0. The lowest BCUT2D eigenvalue weighted by Crippen LogP contribution is -2.15. The Labute approximate surface area is 148 Å². The van der Waals surface area contributed by atoms with E-state index in [9.17, 15) is 13.2 Å². The molecule has 0 aliphatic rings. The van der Waals surface area contributed by atoms with E-state index in [0.717, 1.165) is 0 Å². The van der Waals surface area contributed by atoms with Gasteiger partial charge in [0.25, 0.3) is 10.0 Å². The van der Waals surface area contributed by atoms with E-state index < -0.39 is 15.8 Å². The van der Waals surface area contributed by atoms with Gasteiger partial charge in [-0.3, -0.25) is 9.29 Å². The minimum atomic E-state index is -3.96. The van der Waals surface area contributed by atoms with Gasteiger partial charge in [-0.1, -0.05) is 11.6 Å². The fourth-order valence-corrected chi connectivity index (χ4v) is 4.00. The van der Waals surface area contributed by atoms with E-state index in [1.165, 1.54) is 35.9 Å². The van der Waals surface area contributed by atoms with Crippen LogP contribution in [0, 0.1) is 6.92 Å². The maximum atomic E-state index is 12.7. The van der Waals surface area contributed by atoms with Crippen molar-refractivity contribution in [3.63, 3.8) is 0 Å². The molecule has 132 valence electrons. The molecule has 0 spiro atoms. The smallest absolute Gasteiger partial charge is 0.419 e. The van der Waals surface area contributed by atoms with Gasteiger partial charge in [0, 0.05) is 18.1 Å². The molecule has 0 saturated carbocycles. The van der Waals surface area contributed by atoms with Gasteiger partial charge in [0.15, 0.2) is 5.58 Å². The minimum absolute atomic E-state index is 0.0866. The van der Waals surface area contributed by atoms with Crippen molar-refractivity contribution < 1.29 is 17.6 Å². The number of halogens is 1. The van der Waals surface area contributed by atoms with Gasteiger partial charge in [-0.15, -0.1) is 0 Å². The third-order valence-electron chi connectivity index (χ3n) is 3.80. The number of ether oxygens (including phenoxy) is 1. The molecule has 1 aromatic heterocycles. The van der Waals surface area contributed by atoms with Crippen molar-refractivity contribution in [2.24, 2.45) is 7.05 Å². The Morgan fingerprint density at radius 3 is 2.64 bits per heavy atom. The summed E-state index contributed by atoms with van der Waals surface area (Å²) in [5.74, 6) is -0.354. The zero-order valence-electron chi connectivity index (χ0n) is 13.7. The van der Waals surface area contributed by atoms with Crippen molar-refractivity contribution >= 4 is 38.4 Å². The first-order valence-corrected chi connectivity index (χ1v) is 9.05. The number of rotatable bonds is 4. The summed E-state index contributed by atoms with van der Waals surface area (Å²) >= 11 is 5.91. The highest BCUT2D eigenvalue weighted by Crippen LogP contribution is 2.30. The maximum Gasteiger partial charge on any atom is 0.419 e. The maximum absolute atomic E-state index is 12.7. The van der Waals surface area contributed by atoms with Gasteiger partial charge < -0.3 is 9.15 Å². The number of fused-ring (bicyclic) bond motifs is 1. The molecule has 1 heterocycles. The molecule has 1 N–H and O–H groups in total. The van der Waals surface area contributed by atoms with E-state index in [2.05, 4.69) is 4.72 Å². The van der Waals surface area contributed by atoms with E-state index in [1.807, 2.05) is 0 Å². The number of sulfonamides is 1. The number of anilines is 1. The van der Waals surface area contributed by atoms with Crippen molar-refractivity contribution in [1.82, 2.24) is 4.57 Å². The van der Waals surface area contributed by atoms with Crippen LogP contribution in [0.4, 0.5) is 5.69 Å². The molecule has 25 heavy (non-hydrogen) atoms. The largest absolute Gasteiger partial charge is 0.495 e. The predicted octanol–water partition coefficient (Wildman–Crippen LogP) is 2.90. The molecule has 0 saturated heterocycles. The zero-order chi connectivity index (χ0) is 18.4. The lowest BCUT2D eigenvalue weighted by molar-refractivity contribution is 0.403. The zero-order valence-corrected chi connectivity index (χ0v) is 15.2. The number of hydrogen-bond acceptors (Lipinski definition) is 5. The molecular formula is C16H15ClN2O5S. The molecular weight excluding hydrogens is 368 g/mol. The number of aromatic nitrogens is 1. The number of benzene rings is 2. The Balaban J connectivity index is 2.10. The van der Waals surface area contributed by atoms with Crippen LogP contribution in [-0.4, -0.2) is 20.1 Å². The van der Waals surface area contributed by atoms with Crippen LogP contribution in [0.2, 0.25) is 5.02 Å². The van der Waals surface area contributed by atoms with Crippen LogP contribution in [0.25, 0.3) is 11.1 Å². The Hall–Kier alpha value is -2.45. The molecule has 7 nitrogen and oxygen atoms in total. The SMILES string of the molecule is COc1ccc(Cl)cc1S(=O)(=O)Nc1cc2oc(=O)n(C)c2cc1C. The highest BCUT2D eigenvalue weighted by Gasteiger charge is 2.22. The molecule has 3 rings (SSSR count). The summed E-state index contributed by atoms with van der Waals surface area (Å²) in [6.45, 7) is 1.73. The summed E-state index contributed by atoms with van der Waals surface area (Å²) in [5.41, 5.74) is 1.79. The second-order valence-electron chi connectivity index (χ2n) is 5.46. The molecule has 0 unspecified atom stereocenters. The number of oxazole rings is 1. The minimum Gasteiger partial charge on any atom is -0.495 e. The van der Waals surface area contributed by atoms with Crippen LogP contribution in [0.15, 0.2) is 44.4 Å². The lowest BCUT2D eigenvalue weighted by atomic mass is 10.2. The Bertz CT molecular complexity index is 1130. The number of aryl methyl sites for hydroxylation is 2. The lowest BCUT2D eigenvalue weighted by Gasteiger charge is -2.13. The summed E-state index contributed by atoms with van der Waals surface area (Å²) in [4.78, 5) is 11.5. The second kappa shape index (κ2) is 6.12. The van der Waals surface area contributed by atoms with Gasteiger partial charge in [0.1, 0.15) is 10.6 Å². The molecule has 0 radical (unpaired) electrons. The Kier molecular flexibility index (Phi) is 4.26. The van der Waals surface area contributed by atoms with Crippen molar-refractivity contribution in [3.05, 3.63) is 51.5 Å². The molecule has 2 aromatic carbocycles. The fourth-order valence-electron chi connectivity index (χ4n) is 2.45. The molecule has 0 atom stereocenters. The van der Waals surface area contributed by atoms with Crippen molar-refractivity contribution in [1.29, 1.82) is 0 Å². The van der Waals surface area contributed by atoms with Gasteiger partial charge >= 0.3 is 5.76 Å². The highest BCUT2D eigenvalue weighted by molar-refractivity contribution is 7.92. The highest BCUT2D eigenvalue weighted by atomic mass is 35.5. The number of hydrogen-bond donors (Lipinski definition) is 1. The van der Waals surface area contributed by atoms with Crippen molar-refractivity contribution in [2.75, 3.05) is 11.8 Å². The fraction of sp³-hybridized carbons (Fsp3) is 0.188. The normalized spacial score (nSPS) is 11.7.